The van der Waals surface area contributed by atoms with Crippen molar-refractivity contribution in [2.45, 2.75) is 77.6 Å². The molecule has 0 atom stereocenters. The van der Waals surface area contributed by atoms with Gasteiger partial charge >= 0.3 is 0 Å². The summed E-state index contributed by atoms with van der Waals surface area (Å²) in [5.74, 6) is 1.06. The van der Waals surface area contributed by atoms with Crippen molar-refractivity contribution in [3.05, 3.63) is 0 Å². The second-order valence-corrected chi connectivity index (χ2v) is 8.19. The van der Waals surface area contributed by atoms with Crippen LogP contribution in [0.25, 0.3) is 0 Å². The van der Waals surface area contributed by atoms with E-state index >= 15 is 0 Å². The monoisotopic (exact) mass is 343 g/mol. The Labute approximate surface area is 152 Å². The largest absolute Gasteiger partial charge is 0.324 e. The smallest absolute Gasteiger partial charge is 0.0788 e. The van der Waals surface area contributed by atoms with Crippen LogP contribution in [0, 0.1) is 0 Å². The molecule has 1 fully saturated rings. The van der Waals surface area contributed by atoms with Gasteiger partial charge in [0.2, 0.25) is 0 Å². The maximum absolute atomic E-state index is 4.36. The van der Waals surface area contributed by atoms with Gasteiger partial charge in [-0.3, -0.25) is 0 Å². The molecule has 3 heteroatoms. The highest BCUT2D eigenvalue weighted by atomic mass is 32.1. The van der Waals surface area contributed by atoms with Crippen LogP contribution in [0.15, 0.2) is 0 Å². The van der Waals surface area contributed by atoms with E-state index in [2.05, 4.69) is 31.5 Å². The number of thiol groups is 1. The van der Waals surface area contributed by atoms with Crippen molar-refractivity contribution in [2.24, 2.45) is 0 Å². The third-order valence-electron chi connectivity index (χ3n) is 5.77. The fraction of sp³-hybridized carbons (Fsp3) is 1.00. The highest BCUT2D eigenvalue weighted by Crippen LogP contribution is 2.22. The van der Waals surface area contributed by atoms with Crippen molar-refractivity contribution in [2.75, 3.05) is 52.1 Å². The van der Waals surface area contributed by atoms with Gasteiger partial charge in [0.25, 0.3) is 0 Å². The minimum absolute atomic E-state index is 1.06. The lowest BCUT2D eigenvalue weighted by molar-refractivity contribution is -0.917. The molecule has 2 nitrogen and oxygen atoms in total. The van der Waals surface area contributed by atoms with E-state index in [0.717, 1.165) is 5.75 Å². The van der Waals surface area contributed by atoms with Crippen LogP contribution in [-0.2, 0) is 0 Å². The van der Waals surface area contributed by atoms with Crippen molar-refractivity contribution < 1.29 is 4.48 Å². The standard InChI is InChI=1S/C20H42N2S/c1-3-21(2)15-9-7-5-4-6-8-10-16-22(17-11-12-18-22)19-13-14-20-23/h3-20H2,1-2H3/p+1. The van der Waals surface area contributed by atoms with Crippen LogP contribution in [0.2, 0.25) is 0 Å². The van der Waals surface area contributed by atoms with Crippen LogP contribution in [0.3, 0.4) is 0 Å². The van der Waals surface area contributed by atoms with Gasteiger partial charge in [-0.05, 0) is 58.0 Å². The summed E-state index contributed by atoms with van der Waals surface area (Å²) in [7, 11) is 2.23. The molecule has 1 aliphatic heterocycles. The molecule has 0 saturated carbocycles. The molecule has 1 aliphatic rings. The van der Waals surface area contributed by atoms with Crippen LogP contribution in [0.1, 0.15) is 77.6 Å². The summed E-state index contributed by atoms with van der Waals surface area (Å²) in [5.41, 5.74) is 0. The zero-order chi connectivity index (χ0) is 16.8. The number of likely N-dealkylation sites (tertiary alicyclic amines) is 1. The molecule has 23 heavy (non-hydrogen) atoms. The van der Waals surface area contributed by atoms with Crippen LogP contribution in [0.5, 0.6) is 0 Å². The third kappa shape index (κ3) is 9.99. The molecule has 1 rings (SSSR count). The number of quaternary nitrogens is 1. The lowest BCUT2D eigenvalue weighted by Crippen LogP contribution is -2.46. The summed E-state index contributed by atoms with van der Waals surface area (Å²) >= 11 is 4.36. The lowest BCUT2D eigenvalue weighted by Gasteiger charge is -2.34. The summed E-state index contributed by atoms with van der Waals surface area (Å²) in [4.78, 5) is 2.42. The Kier molecular flexibility index (Phi) is 12.6. The average molecular weight is 344 g/mol. The van der Waals surface area contributed by atoms with Crippen LogP contribution < -0.4 is 0 Å². The van der Waals surface area contributed by atoms with Crippen LogP contribution >= 0.6 is 12.6 Å². The molecule has 0 radical (unpaired) electrons. The normalized spacial score (nSPS) is 17.2. The van der Waals surface area contributed by atoms with Gasteiger partial charge in [-0.25, -0.2) is 0 Å². The van der Waals surface area contributed by atoms with E-state index in [-0.39, 0.29) is 0 Å². The minimum Gasteiger partial charge on any atom is -0.324 e. The fourth-order valence-corrected chi connectivity index (χ4v) is 4.22. The van der Waals surface area contributed by atoms with Crippen LogP contribution in [0.4, 0.5) is 0 Å². The molecule has 0 N–H and O–H groups in total. The Morgan fingerprint density at radius 3 is 1.87 bits per heavy atom. The minimum atomic E-state index is 1.06. The molecular formula is C20H43N2S+. The summed E-state index contributed by atoms with van der Waals surface area (Å²) in [6.07, 6.45) is 15.7. The molecule has 0 unspecified atom stereocenters. The Morgan fingerprint density at radius 1 is 0.783 bits per heavy atom. The second-order valence-electron chi connectivity index (χ2n) is 7.74. The Bertz CT molecular complexity index is 264. The first kappa shape index (κ1) is 21.3. The molecule has 0 amide bonds. The molecule has 1 heterocycles. The van der Waals surface area contributed by atoms with Crippen molar-refractivity contribution in [3.63, 3.8) is 0 Å². The zero-order valence-electron chi connectivity index (χ0n) is 16.1. The molecule has 0 aromatic rings. The summed E-state index contributed by atoms with van der Waals surface area (Å²) in [6.45, 7) is 10.5. The molecule has 0 aliphatic carbocycles. The number of hydrogen-bond acceptors (Lipinski definition) is 2. The van der Waals surface area contributed by atoms with Gasteiger partial charge in [-0.2, -0.15) is 12.6 Å². The first-order valence-electron chi connectivity index (χ1n) is 10.4. The van der Waals surface area contributed by atoms with E-state index in [0.29, 0.717) is 0 Å². The highest BCUT2D eigenvalue weighted by molar-refractivity contribution is 7.80. The van der Waals surface area contributed by atoms with E-state index in [1.807, 2.05) is 0 Å². The van der Waals surface area contributed by atoms with Gasteiger partial charge < -0.3 is 9.38 Å². The third-order valence-corrected chi connectivity index (χ3v) is 6.08. The number of rotatable bonds is 15. The molecule has 138 valence electrons. The Hall–Kier alpha value is 0.270. The van der Waals surface area contributed by atoms with Crippen molar-refractivity contribution in [1.29, 1.82) is 0 Å². The van der Waals surface area contributed by atoms with Gasteiger partial charge in [0.05, 0.1) is 26.2 Å². The van der Waals surface area contributed by atoms with E-state index in [1.54, 1.807) is 0 Å². The average Bonchev–Trinajstić information content (AvgIpc) is 3.02. The van der Waals surface area contributed by atoms with Gasteiger partial charge in [-0.1, -0.05) is 32.6 Å². The number of unbranched alkanes of at least 4 members (excludes halogenated alkanes) is 7. The first-order valence-corrected chi connectivity index (χ1v) is 11.0. The number of hydrogen-bond donors (Lipinski definition) is 1. The maximum Gasteiger partial charge on any atom is 0.0788 e. The fourth-order valence-electron chi connectivity index (χ4n) is 4.00. The van der Waals surface area contributed by atoms with E-state index in [1.165, 1.54) is 114 Å². The van der Waals surface area contributed by atoms with Crippen LogP contribution in [-0.4, -0.2) is 61.5 Å². The molecule has 0 bridgehead atoms. The van der Waals surface area contributed by atoms with E-state index in [4.69, 9.17) is 0 Å². The zero-order valence-corrected chi connectivity index (χ0v) is 17.0. The van der Waals surface area contributed by atoms with E-state index in [9.17, 15) is 0 Å². The summed E-state index contributed by atoms with van der Waals surface area (Å²) in [5, 5.41) is 0. The van der Waals surface area contributed by atoms with E-state index < -0.39 is 0 Å². The van der Waals surface area contributed by atoms with Crippen molar-refractivity contribution >= 4 is 12.6 Å². The predicted octanol–water partition coefficient (Wildman–Crippen LogP) is 4.99. The first-order chi connectivity index (χ1) is 11.2. The van der Waals surface area contributed by atoms with Gasteiger partial charge in [-0.15, -0.1) is 0 Å². The molecule has 0 spiro atoms. The topological polar surface area (TPSA) is 3.24 Å². The number of nitrogens with zero attached hydrogens (tertiary/aromatic N) is 2. The van der Waals surface area contributed by atoms with Gasteiger partial charge in [0.15, 0.2) is 0 Å². The molecule has 0 aromatic heterocycles. The van der Waals surface area contributed by atoms with Crippen molar-refractivity contribution in [1.82, 2.24) is 4.90 Å². The lowest BCUT2D eigenvalue weighted by atomic mass is 10.1. The van der Waals surface area contributed by atoms with Gasteiger partial charge in [0.1, 0.15) is 0 Å². The predicted molar refractivity (Wildman–Crippen MR) is 108 cm³/mol. The molecule has 0 aromatic carbocycles. The Balaban J connectivity index is 1.98. The summed E-state index contributed by atoms with van der Waals surface area (Å²) < 4.78 is 1.44. The molecule has 1 saturated heterocycles. The Morgan fingerprint density at radius 2 is 1.30 bits per heavy atom. The van der Waals surface area contributed by atoms with Gasteiger partial charge in [0, 0.05) is 12.8 Å². The SMILES string of the molecule is CCN(C)CCCCCCCCC[N+]1(CCCCS)CCCC1. The molecular weight excluding hydrogens is 300 g/mol. The van der Waals surface area contributed by atoms with Crippen molar-refractivity contribution in [3.8, 4) is 0 Å². The second kappa shape index (κ2) is 13.5. The highest BCUT2D eigenvalue weighted by Gasteiger charge is 2.30. The summed E-state index contributed by atoms with van der Waals surface area (Å²) in [6, 6.07) is 0. The quantitative estimate of drug-likeness (QED) is 0.249. The maximum atomic E-state index is 4.36.